The number of nitrogens with zero attached hydrogens (tertiary/aromatic N) is 2. The lowest BCUT2D eigenvalue weighted by Gasteiger charge is -2.12. The van der Waals surface area contributed by atoms with Crippen LogP contribution in [0.15, 0.2) is 29.4 Å². The summed E-state index contributed by atoms with van der Waals surface area (Å²) >= 11 is 5.84. The zero-order chi connectivity index (χ0) is 12.8. The summed E-state index contributed by atoms with van der Waals surface area (Å²) in [6.45, 7) is 5.97. The van der Waals surface area contributed by atoms with Crippen LogP contribution in [0, 0.1) is 0 Å². The summed E-state index contributed by atoms with van der Waals surface area (Å²) in [5.74, 6) is 0. The average Bonchev–Trinajstić information content (AvgIpc) is 2.88. The van der Waals surface area contributed by atoms with E-state index in [0.29, 0.717) is 6.61 Å². The summed E-state index contributed by atoms with van der Waals surface area (Å²) in [6, 6.07) is 7.62. The Balaban J connectivity index is 1.76. The first kappa shape index (κ1) is 13.4. The molecular weight excluding hydrogens is 248 g/mol. The van der Waals surface area contributed by atoms with Crippen molar-refractivity contribution in [2.75, 3.05) is 26.2 Å². The Hall–Kier alpha value is -1.06. The Bertz CT molecular complexity index is 397. The van der Waals surface area contributed by atoms with E-state index in [4.69, 9.17) is 16.4 Å². The topological polar surface area (TPSA) is 24.8 Å². The Morgan fingerprint density at radius 2 is 1.94 bits per heavy atom. The van der Waals surface area contributed by atoms with E-state index in [-0.39, 0.29) is 0 Å². The van der Waals surface area contributed by atoms with E-state index < -0.39 is 0 Å². The van der Waals surface area contributed by atoms with Crippen LogP contribution < -0.4 is 0 Å². The summed E-state index contributed by atoms with van der Waals surface area (Å²) in [4.78, 5) is 7.77. The maximum atomic E-state index is 5.84. The minimum absolute atomic E-state index is 0.658. The number of likely N-dealkylation sites (tertiary alicyclic amines) is 1. The minimum Gasteiger partial charge on any atom is -0.394 e. The van der Waals surface area contributed by atoms with Crippen LogP contribution in [0.4, 0.5) is 0 Å². The van der Waals surface area contributed by atoms with Crippen molar-refractivity contribution < 1.29 is 4.84 Å². The fourth-order valence-corrected chi connectivity index (χ4v) is 2.19. The predicted molar refractivity (Wildman–Crippen MR) is 75.3 cm³/mol. The summed E-state index contributed by atoms with van der Waals surface area (Å²) in [7, 11) is 0. The molecule has 0 amide bonds. The van der Waals surface area contributed by atoms with Gasteiger partial charge in [-0.05, 0) is 50.6 Å². The van der Waals surface area contributed by atoms with Gasteiger partial charge in [-0.2, -0.15) is 0 Å². The molecule has 0 aliphatic carbocycles. The van der Waals surface area contributed by atoms with Crippen molar-refractivity contribution in [2.24, 2.45) is 5.16 Å². The molecule has 1 saturated heterocycles. The molecule has 0 N–H and O–H groups in total. The standard InChI is InChI=1S/C14H19ClN2O/c1-12(13-4-6-14(15)7-5-13)16-18-11-10-17-8-2-3-9-17/h4-7H,2-3,8-11H2,1H3. The zero-order valence-corrected chi connectivity index (χ0v) is 11.5. The van der Waals surface area contributed by atoms with Crippen LogP contribution in [0.1, 0.15) is 25.3 Å². The quantitative estimate of drug-likeness (QED) is 0.465. The second-order valence-corrected chi connectivity index (χ2v) is 5.00. The van der Waals surface area contributed by atoms with Crippen molar-refractivity contribution in [1.82, 2.24) is 4.90 Å². The second kappa shape index (κ2) is 6.76. The second-order valence-electron chi connectivity index (χ2n) is 4.57. The molecule has 3 nitrogen and oxygen atoms in total. The van der Waals surface area contributed by atoms with Gasteiger partial charge in [0.2, 0.25) is 0 Å². The molecule has 98 valence electrons. The van der Waals surface area contributed by atoms with Gasteiger partial charge in [0.05, 0.1) is 5.71 Å². The molecule has 1 aliphatic rings. The number of rotatable bonds is 5. The first-order valence-electron chi connectivity index (χ1n) is 6.40. The maximum Gasteiger partial charge on any atom is 0.129 e. The van der Waals surface area contributed by atoms with Gasteiger partial charge in [0, 0.05) is 11.6 Å². The molecule has 0 radical (unpaired) electrons. The minimum atomic E-state index is 0.658. The first-order chi connectivity index (χ1) is 8.75. The number of hydrogen-bond donors (Lipinski definition) is 0. The van der Waals surface area contributed by atoms with Gasteiger partial charge in [-0.25, -0.2) is 0 Å². The molecule has 1 aromatic carbocycles. The van der Waals surface area contributed by atoms with E-state index in [1.54, 1.807) is 0 Å². The van der Waals surface area contributed by atoms with Crippen LogP contribution in [-0.2, 0) is 4.84 Å². The average molecular weight is 267 g/mol. The molecule has 4 heteroatoms. The molecule has 1 fully saturated rings. The number of benzene rings is 1. The lowest BCUT2D eigenvalue weighted by molar-refractivity contribution is 0.119. The van der Waals surface area contributed by atoms with E-state index in [9.17, 15) is 0 Å². The maximum absolute atomic E-state index is 5.84. The number of hydrogen-bond acceptors (Lipinski definition) is 3. The van der Waals surface area contributed by atoms with E-state index in [2.05, 4.69) is 10.1 Å². The van der Waals surface area contributed by atoms with Crippen molar-refractivity contribution in [1.29, 1.82) is 0 Å². The molecule has 0 spiro atoms. The highest BCUT2D eigenvalue weighted by Crippen LogP contribution is 2.10. The van der Waals surface area contributed by atoms with Crippen molar-refractivity contribution in [3.63, 3.8) is 0 Å². The van der Waals surface area contributed by atoms with Crippen LogP contribution in [0.3, 0.4) is 0 Å². The van der Waals surface area contributed by atoms with Gasteiger partial charge in [0.25, 0.3) is 0 Å². The van der Waals surface area contributed by atoms with Gasteiger partial charge in [-0.1, -0.05) is 28.9 Å². The van der Waals surface area contributed by atoms with E-state index in [1.165, 1.54) is 25.9 Å². The summed E-state index contributed by atoms with van der Waals surface area (Å²) in [5.41, 5.74) is 1.92. The first-order valence-corrected chi connectivity index (χ1v) is 6.78. The fraction of sp³-hybridized carbons (Fsp3) is 0.500. The van der Waals surface area contributed by atoms with Gasteiger partial charge < -0.3 is 4.84 Å². The lowest BCUT2D eigenvalue weighted by Crippen LogP contribution is -2.23. The van der Waals surface area contributed by atoms with Crippen LogP contribution in [0.2, 0.25) is 5.02 Å². The molecule has 2 rings (SSSR count). The smallest absolute Gasteiger partial charge is 0.129 e. The largest absolute Gasteiger partial charge is 0.394 e. The molecule has 1 aliphatic heterocycles. The molecule has 18 heavy (non-hydrogen) atoms. The van der Waals surface area contributed by atoms with Crippen molar-refractivity contribution >= 4 is 17.3 Å². The SMILES string of the molecule is CC(=NOCCN1CCCC1)c1ccc(Cl)cc1. The summed E-state index contributed by atoms with van der Waals surface area (Å²) in [6.07, 6.45) is 2.63. The number of oxime groups is 1. The predicted octanol–water partition coefficient (Wildman–Crippen LogP) is 3.18. The Labute approximate surface area is 113 Å². The van der Waals surface area contributed by atoms with Crippen LogP contribution >= 0.6 is 11.6 Å². The van der Waals surface area contributed by atoms with Crippen molar-refractivity contribution in [3.8, 4) is 0 Å². The Morgan fingerprint density at radius 3 is 2.61 bits per heavy atom. The zero-order valence-electron chi connectivity index (χ0n) is 10.7. The fourth-order valence-electron chi connectivity index (χ4n) is 2.06. The Kier molecular flexibility index (Phi) is 5.02. The van der Waals surface area contributed by atoms with Gasteiger partial charge in [-0.15, -0.1) is 0 Å². The van der Waals surface area contributed by atoms with Gasteiger partial charge in [0.1, 0.15) is 6.61 Å². The van der Waals surface area contributed by atoms with E-state index >= 15 is 0 Å². The molecule has 1 aromatic rings. The third kappa shape index (κ3) is 4.00. The van der Waals surface area contributed by atoms with Crippen LogP contribution in [0.25, 0.3) is 0 Å². The molecule has 0 bridgehead atoms. The molecular formula is C14H19ClN2O. The van der Waals surface area contributed by atoms with Crippen molar-refractivity contribution in [3.05, 3.63) is 34.9 Å². The summed E-state index contributed by atoms with van der Waals surface area (Å²) < 4.78 is 0. The van der Waals surface area contributed by atoms with E-state index in [0.717, 1.165) is 22.8 Å². The molecule has 0 saturated carbocycles. The Morgan fingerprint density at radius 1 is 1.28 bits per heavy atom. The van der Waals surface area contributed by atoms with Crippen LogP contribution in [0.5, 0.6) is 0 Å². The highest BCUT2D eigenvalue weighted by molar-refractivity contribution is 6.30. The van der Waals surface area contributed by atoms with E-state index in [1.807, 2.05) is 31.2 Å². The monoisotopic (exact) mass is 266 g/mol. The molecule has 0 aromatic heterocycles. The number of halogens is 1. The third-order valence-electron chi connectivity index (χ3n) is 3.16. The highest BCUT2D eigenvalue weighted by atomic mass is 35.5. The van der Waals surface area contributed by atoms with Crippen LogP contribution in [-0.4, -0.2) is 36.9 Å². The van der Waals surface area contributed by atoms with Gasteiger partial charge in [0.15, 0.2) is 0 Å². The highest BCUT2D eigenvalue weighted by Gasteiger charge is 2.10. The lowest BCUT2D eigenvalue weighted by atomic mass is 10.1. The third-order valence-corrected chi connectivity index (χ3v) is 3.41. The van der Waals surface area contributed by atoms with Gasteiger partial charge in [-0.3, -0.25) is 4.90 Å². The van der Waals surface area contributed by atoms with Crippen molar-refractivity contribution in [2.45, 2.75) is 19.8 Å². The van der Waals surface area contributed by atoms with Gasteiger partial charge >= 0.3 is 0 Å². The molecule has 0 unspecified atom stereocenters. The normalized spacial score (nSPS) is 17.1. The molecule has 0 atom stereocenters. The summed E-state index contributed by atoms with van der Waals surface area (Å²) in [5, 5.41) is 4.87. The molecule has 1 heterocycles.